The monoisotopic (exact) mass is 328 g/mol. The van der Waals surface area contributed by atoms with Crippen LogP contribution in [0.3, 0.4) is 0 Å². The first-order chi connectivity index (χ1) is 11.6. The Bertz CT molecular complexity index is 704. The standard InChI is InChI=1S/C19H20O5/c1-2-3-12-23-15-10-8-14(9-11-15)13-18(19(21)22)24-17-7-5-4-6-16(17)20/h4-11,13,20H,2-3,12H2,1H3,(H,21,22). The SMILES string of the molecule is CCCCOc1ccc(C=C(Oc2ccccc2O)C(=O)O)cc1. The topological polar surface area (TPSA) is 76.0 Å². The zero-order valence-electron chi connectivity index (χ0n) is 13.4. The third kappa shape index (κ3) is 5.05. The number of carboxylic acids is 1. The molecule has 2 aromatic rings. The molecule has 5 heteroatoms. The third-order valence-corrected chi connectivity index (χ3v) is 3.24. The van der Waals surface area contributed by atoms with Crippen molar-refractivity contribution in [3.05, 3.63) is 59.9 Å². The number of hydrogen-bond donors (Lipinski definition) is 2. The van der Waals surface area contributed by atoms with Crippen molar-refractivity contribution >= 4 is 12.0 Å². The molecule has 0 aliphatic heterocycles. The molecule has 2 rings (SSSR count). The Morgan fingerprint density at radius 1 is 1.12 bits per heavy atom. The van der Waals surface area contributed by atoms with Crippen molar-refractivity contribution in [3.8, 4) is 17.2 Å². The molecular formula is C19H20O5. The van der Waals surface area contributed by atoms with Crippen molar-refractivity contribution < 1.29 is 24.5 Å². The molecule has 24 heavy (non-hydrogen) atoms. The summed E-state index contributed by atoms with van der Waals surface area (Å²) in [5.41, 5.74) is 0.658. The van der Waals surface area contributed by atoms with E-state index >= 15 is 0 Å². The minimum atomic E-state index is -1.22. The first kappa shape index (κ1) is 17.4. The van der Waals surface area contributed by atoms with E-state index in [1.165, 1.54) is 18.2 Å². The van der Waals surface area contributed by atoms with Crippen LogP contribution in [-0.2, 0) is 4.79 Å². The summed E-state index contributed by atoms with van der Waals surface area (Å²) in [6.45, 7) is 2.75. The van der Waals surface area contributed by atoms with Crippen molar-refractivity contribution in [2.45, 2.75) is 19.8 Å². The first-order valence-corrected chi connectivity index (χ1v) is 7.74. The van der Waals surface area contributed by atoms with Crippen LogP contribution < -0.4 is 9.47 Å². The van der Waals surface area contributed by atoms with Gasteiger partial charge in [0.2, 0.25) is 5.76 Å². The molecule has 0 saturated carbocycles. The van der Waals surface area contributed by atoms with Gasteiger partial charge in [0.15, 0.2) is 11.5 Å². The Hall–Kier alpha value is -2.95. The van der Waals surface area contributed by atoms with Crippen LogP contribution in [0, 0.1) is 0 Å². The molecule has 0 heterocycles. The third-order valence-electron chi connectivity index (χ3n) is 3.24. The number of phenols is 1. The molecule has 0 atom stereocenters. The zero-order chi connectivity index (χ0) is 17.4. The Balaban J connectivity index is 2.13. The van der Waals surface area contributed by atoms with Gasteiger partial charge in [0, 0.05) is 0 Å². The van der Waals surface area contributed by atoms with Gasteiger partial charge >= 0.3 is 5.97 Å². The number of unbranched alkanes of at least 4 members (excludes halogenated alkanes) is 1. The summed E-state index contributed by atoms with van der Waals surface area (Å²) >= 11 is 0. The number of benzene rings is 2. The summed E-state index contributed by atoms with van der Waals surface area (Å²) in [5, 5.41) is 19.0. The predicted molar refractivity (Wildman–Crippen MR) is 91.2 cm³/mol. The quantitative estimate of drug-likeness (QED) is 0.434. The number of aliphatic carboxylic acids is 1. The molecule has 2 N–H and O–H groups in total. The number of hydrogen-bond acceptors (Lipinski definition) is 4. The average molecular weight is 328 g/mol. The second-order valence-electron chi connectivity index (χ2n) is 5.15. The van der Waals surface area contributed by atoms with Crippen LogP contribution >= 0.6 is 0 Å². The highest BCUT2D eigenvalue weighted by molar-refractivity contribution is 5.90. The lowest BCUT2D eigenvalue weighted by Crippen LogP contribution is -2.07. The lowest BCUT2D eigenvalue weighted by Gasteiger charge is -2.08. The van der Waals surface area contributed by atoms with Crippen molar-refractivity contribution in [3.63, 3.8) is 0 Å². The van der Waals surface area contributed by atoms with E-state index in [-0.39, 0.29) is 17.3 Å². The lowest BCUT2D eigenvalue weighted by molar-refractivity contribution is -0.134. The van der Waals surface area contributed by atoms with Crippen LogP contribution in [0.2, 0.25) is 0 Å². The predicted octanol–water partition coefficient (Wildman–Crippen LogP) is 4.08. The molecule has 0 radical (unpaired) electrons. The lowest BCUT2D eigenvalue weighted by atomic mass is 10.2. The van der Waals surface area contributed by atoms with E-state index in [9.17, 15) is 15.0 Å². The van der Waals surface area contributed by atoms with E-state index in [2.05, 4.69) is 6.92 Å². The molecule has 2 aromatic carbocycles. The molecule has 0 fully saturated rings. The van der Waals surface area contributed by atoms with Gasteiger partial charge in [-0.3, -0.25) is 0 Å². The summed E-state index contributed by atoms with van der Waals surface area (Å²) in [6, 6.07) is 13.3. The number of aromatic hydroxyl groups is 1. The molecule has 0 saturated heterocycles. The van der Waals surface area contributed by atoms with E-state index in [0.717, 1.165) is 18.6 Å². The summed E-state index contributed by atoms with van der Waals surface area (Å²) in [5.74, 6) is -0.799. The largest absolute Gasteiger partial charge is 0.504 e. The van der Waals surface area contributed by atoms with Crippen LogP contribution in [0.25, 0.3) is 6.08 Å². The van der Waals surface area contributed by atoms with Gasteiger partial charge in [-0.2, -0.15) is 0 Å². The molecule has 0 bridgehead atoms. The summed E-state index contributed by atoms with van der Waals surface area (Å²) in [4.78, 5) is 11.4. The molecule has 0 aromatic heterocycles. The Kier molecular flexibility index (Phi) is 6.25. The number of phenolic OH excluding ortho intramolecular Hbond substituents is 1. The smallest absolute Gasteiger partial charge is 0.371 e. The van der Waals surface area contributed by atoms with Gasteiger partial charge in [-0.05, 0) is 42.3 Å². The number of rotatable bonds is 8. The minimum absolute atomic E-state index is 0.0886. The van der Waals surface area contributed by atoms with Gasteiger partial charge in [0.25, 0.3) is 0 Å². The molecular weight excluding hydrogens is 308 g/mol. The molecule has 126 valence electrons. The number of para-hydroxylation sites is 2. The van der Waals surface area contributed by atoms with Gasteiger partial charge in [-0.15, -0.1) is 0 Å². The van der Waals surface area contributed by atoms with Crippen molar-refractivity contribution in [1.82, 2.24) is 0 Å². The minimum Gasteiger partial charge on any atom is -0.504 e. The zero-order valence-corrected chi connectivity index (χ0v) is 13.4. The van der Waals surface area contributed by atoms with Crippen molar-refractivity contribution in [2.75, 3.05) is 6.61 Å². The highest BCUT2D eigenvalue weighted by Crippen LogP contribution is 2.27. The van der Waals surface area contributed by atoms with Gasteiger partial charge in [-0.25, -0.2) is 4.79 Å². The number of ether oxygens (including phenoxy) is 2. The maximum Gasteiger partial charge on any atom is 0.371 e. The second kappa shape index (κ2) is 8.62. The summed E-state index contributed by atoms with van der Waals surface area (Å²) in [6.07, 6.45) is 3.44. The van der Waals surface area contributed by atoms with E-state index in [0.29, 0.717) is 12.2 Å². The maximum atomic E-state index is 11.4. The molecule has 0 aliphatic rings. The van der Waals surface area contributed by atoms with Crippen molar-refractivity contribution in [1.29, 1.82) is 0 Å². The van der Waals surface area contributed by atoms with Gasteiger partial charge in [0.1, 0.15) is 5.75 Å². The fourth-order valence-corrected chi connectivity index (χ4v) is 1.94. The fourth-order valence-electron chi connectivity index (χ4n) is 1.94. The van der Waals surface area contributed by atoms with Crippen LogP contribution in [0.5, 0.6) is 17.2 Å². The highest BCUT2D eigenvalue weighted by atomic mass is 16.5. The fraction of sp³-hybridized carbons (Fsp3) is 0.211. The van der Waals surface area contributed by atoms with Crippen LogP contribution in [-0.4, -0.2) is 22.8 Å². The molecule has 0 aliphatic carbocycles. The van der Waals surface area contributed by atoms with E-state index < -0.39 is 5.97 Å². The molecule has 0 amide bonds. The highest BCUT2D eigenvalue weighted by Gasteiger charge is 2.12. The Morgan fingerprint density at radius 2 is 1.83 bits per heavy atom. The second-order valence-corrected chi connectivity index (χ2v) is 5.15. The van der Waals surface area contributed by atoms with E-state index in [1.54, 1.807) is 36.4 Å². The summed E-state index contributed by atoms with van der Waals surface area (Å²) < 4.78 is 10.9. The Morgan fingerprint density at radius 3 is 2.46 bits per heavy atom. The van der Waals surface area contributed by atoms with Gasteiger partial charge in [0.05, 0.1) is 6.61 Å². The summed E-state index contributed by atoms with van der Waals surface area (Å²) in [7, 11) is 0. The van der Waals surface area contributed by atoms with Crippen LogP contribution in [0.1, 0.15) is 25.3 Å². The first-order valence-electron chi connectivity index (χ1n) is 7.74. The Labute approximate surface area is 140 Å². The van der Waals surface area contributed by atoms with E-state index in [4.69, 9.17) is 9.47 Å². The average Bonchev–Trinajstić information content (AvgIpc) is 2.58. The van der Waals surface area contributed by atoms with Crippen molar-refractivity contribution in [2.24, 2.45) is 0 Å². The molecule has 5 nitrogen and oxygen atoms in total. The van der Waals surface area contributed by atoms with Gasteiger partial charge in [-0.1, -0.05) is 37.6 Å². The molecule has 0 unspecified atom stereocenters. The van der Waals surface area contributed by atoms with Crippen LogP contribution in [0.15, 0.2) is 54.3 Å². The number of carboxylic acid groups (broad SMARTS) is 1. The maximum absolute atomic E-state index is 11.4. The normalized spacial score (nSPS) is 11.1. The number of carbonyl (C=O) groups is 1. The molecule has 0 spiro atoms. The van der Waals surface area contributed by atoms with Gasteiger partial charge < -0.3 is 19.7 Å². The van der Waals surface area contributed by atoms with Crippen LogP contribution in [0.4, 0.5) is 0 Å². The van der Waals surface area contributed by atoms with E-state index in [1.807, 2.05) is 0 Å².